The lowest BCUT2D eigenvalue weighted by atomic mass is 9.49. The Morgan fingerprint density at radius 1 is 1.22 bits per heavy atom. The largest absolute Gasteiger partial charge is 0.393 e. The van der Waals surface area contributed by atoms with Crippen molar-refractivity contribution in [2.45, 2.75) is 84.8 Å². The van der Waals surface area contributed by atoms with E-state index >= 15 is 0 Å². The molecule has 12 unspecified atom stereocenters. The molecule has 7 heteroatoms. The first kappa shape index (κ1) is 29.8. The fourth-order valence-corrected chi connectivity index (χ4v) is 7.26. The molecule has 0 bridgehead atoms. The number of ketones is 1. The molecule has 1 amide bonds. The van der Waals surface area contributed by atoms with Crippen molar-refractivity contribution in [3.63, 3.8) is 0 Å². The highest BCUT2D eigenvalue weighted by Gasteiger charge is 2.59. The standard InChI is InChI=1S/C30H47NO6/c1-7-23(33)18(3)10-8-9-11-22(32)16-21-13-12-20-15-17(2)14-19(4)25(20)30(21,5)27(35)24-26(34)29(37-6)31-28(24)36/h8-13,17-26,29,32-34H,7,14-16H2,1-6H3,(H,31,36)/b10-8+,11-9+. The third-order valence-electron chi connectivity index (χ3n) is 9.24. The number of Topliss-reactive ketones (excluding diaryl/α,β-unsaturated/α-hetero) is 1. The molecular formula is C30H47NO6. The summed E-state index contributed by atoms with van der Waals surface area (Å²) >= 11 is 0. The maximum Gasteiger partial charge on any atom is 0.235 e. The second-order valence-electron chi connectivity index (χ2n) is 11.9. The number of ether oxygens (including phenoxy) is 1. The van der Waals surface area contributed by atoms with Crippen LogP contribution in [0.3, 0.4) is 0 Å². The summed E-state index contributed by atoms with van der Waals surface area (Å²) in [5.74, 6) is -1.20. The zero-order chi connectivity index (χ0) is 27.5. The number of nitrogens with one attached hydrogen (secondary N) is 1. The molecule has 3 aliphatic rings. The van der Waals surface area contributed by atoms with Crippen LogP contribution < -0.4 is 5.32 Å². The fourth-order valence-electron chi connectivity index (χ4n) is 7.26. The number of hydrogen-bond acceptors (Lipinski definition) is 6. The van der Waals surface area contributed by atoms with Crippen LogP contribution in [-0.4, -0.2) is 58.7 Å². The number of allylic oxidation sites excluding steroid dienone is 4. The lowest BCUT2D eigenvalue weighted by molar-refractivity contribution is -0.151. The second kappa shape index (κ2) is 12.4. The average Bonchev–Trinajstić information content (AvgIpc) is 3.14. The van der Waals surface area contributed by atoms with Gasteiger partial charge in [0.05, 0.1) is 12.2 Å². The Morgan fingerprint density at radius 2 is 1.89 bits per heavy atom. The SMILES string of the molecule is CCC(O)C(C)/C=C/C=C/C(O)CC1C=CC2CC(C)CC(C)C2C1(C)C(=O)C1C(=O)NC(OC)C1O. The minimum Gasteiger partial charge on any atom is -0.393 e. The highest BCUT2D eigenvalue weighted by Crippen LogP contribution is 2.56. The third kappa shape index (κ3) is 6.11. The van der Waals surface area contributed by atoms with Gasteiger partial charge in [0.25, 0.3) is 0 Å². The summed E-state index contributed by atoms with van der Waals surface area (Å²) in [5, 5.41) is 34.3. The average molecular weight is 518 g/mol. The molecule has 0 spiro atoms. The Balaban J connectivity index is 1.88. The molecule has 37 heavy (non-hydrogen) atoms. The van der Waals surface area contributed by atoms with Crippen molar-refractivity contribution in [1.29, 1.82) is 0 Å². The van der Waals surface area contributed by atoms with E-state index < -0.39 is 41.8 Å². The Bertz CT molecular complexity index is 899. The maximum absolute atomic E-state index is 14.3. The summed E-state index contributed by atoms with van der Waals surface area (Å²) in [6.07, 6.45) is 11.1. The van der Waals surface area contributed by atoms with Gasteiger partial charge in [0.15, 0.2) is 12.0 Å². The maximum atomic E-state index is 14.3. The number of aliphatic hydroxyl groups is 3. The molecule has 208 valence electrons. The van der Waals surface area contributed by atoms with Crippen LogP contribution in [0.5, 0.6) is 0 Å². The molecule has 12 atom stereocenters. The van der Waals surface area contributed by atoms with Gasteiger partial charge in [-0.05, 0) is 55.3 Å². The van der Waals surface area contributed by atoms with Gasteiger partial charge < -0.3 is 25.4 Å². The first-order valence-electron chi connectivity index (χ1n) is 13.9. The summed E-state index contributed by atoms with van der Waals surface area (Å²) in [4.78, 5) is 27.1. The van der Waals surface area contributed by atoms with Crippen molar-refractivity contribution in [2.75, 3.05) is 7.11 Å². The molecule has 3 rings (SSSR count). The lowest BCUT2D eigenvalue weighted by Gasteiger charge is -2.54. The van der Waals surface area contributed by atoms with Crippen LogP contribution in [0.25, 0.3) is 0 Å². The van der Waals surface area contributed by atoms with Crippen LogP contribution in [0.4, 0.5) is 0 Å². The zero-order valence-corrected chi connectivity index (χ0v) is 23.2. The van der Waals surface area contributed by atoms with Gasteiger partial charge >= 0.3 is 0 Å². The van der Waals surface area contributed by atoms with Crippen LogP contribution in [0.2, 0.25) is 0 Å². The third-order valence-corrected chi connectivity index (χ3v) is 9.24. The number of fused-ring (bicyclic) bond motifs is 1. The number of carbonyl (C=O) groups is 2. The Kier molecular flexibility index (Phi) is 9.95. The predicted octanol–water partition coefficient (Wildman–Crippen LogP) is 3.40. The van der Waals surface area contributed by atoms with Crippen molar-refractivity contribution in [3.05, 3.63) is 36.5 Å². The van der Waals surface area contributed by atoms with Crippen molar-refractivity contribution in [3.8, 4) is 0 Å². The number of aliphatic hydroxyl groups excluding tert-OH is 3. The van der Waals surface area contributed by atoms with E-state index in [0.29, 0.717) is 18.8 Å². The van der Waals surface area contributed by atoms with E-state index in [9.17, 15) is 24.9 Å². The number of hydrogen-bond donors (Lipinski definition) is 4. The minimum atomic E-state index is -1.25. The van der Waals surface area contributed by atoms with Crippen molar-refractivity contribution in [2.24, 2.45) is 46.8 Å². The topological polar surface area (TPSA) is 116 Å². The van der Waals surface area contributed by atoms with Gasteiger partial charge in [0.2, 0.25) is 5.91 Å². The fraction of sp³-hybridized carbons (Fsp3) is 0.733. The van der Waals surface area contributed by atoms with Crippen LogP contribution in [0.1, 0.15) is 60.3 Å². The lowest BCUT2D eigenvalue weighted by Crippen LogP contribution is -2.55. The molecule has 1 heterocycles. The van der Waals surface area contributed by atoms with E-state index in [1.54, 1.807) is 12.2 Å². The Hall–Kier alpha value is -1.80. The molecule has 1 saturated carbocycles. The van der Waals surface area contributed by atoms with Gasteiger partial charge in [-0.3, -0.25) is 9.59 Å². The molecular weight excluding hydrogens is 470 g/mol. The summed E-state index contributed by atoms with van der Waals surface area (Å²) in [5.41, 5.74) is -0.922. The molecule has 0 aromatic rings. The molecule has 4 N–H and O–H groups in total. The molecule has 2 fully saturated rings. The summed E-state index contributed by atoms with van der Waals surface area (Å²) in [6, 6.07) is 0. The van der Waals surface area contributed by atoms with Crippen molar-refractivity contribution < 1.29 is 29.6 Å². The van der Waals surface area contributed by atoms with Gasteiger partial charge in [-0.15, -0.1) is 0 Å². The number of carbonyl (C=O) groups excluding carboxylic acids is 2. The minimum absolute atomic E-state index is 0.0141. The first-order valence-corrected chi connectivity index (χ1v) is 13.9. The normalized spacial score (nSPS) is 40.5. The Morgan fingerprint density at radius 3 is 2.51 bits per heavy atom. The highest BCUT2D eigenvalue weighted by atomic mass is 16.5. The monoisotopic (exact) mass is 517 g/mol. The van der Waals surface area contributed by atoms with Crippen LogP contribution in [-0.2, 0) is 14.3 Å². The molecule has 1 aliphatic heterocycles. The zero-order valence-electron chi connectivity index (χ0n) is 23.2. The van der Waals surface area contributed by atoms with E-state index in [4.69, 9.17) is 4.74 Å². The van der Waals surface area contributed by atoms with E-state index in [1.807, 2.05) is 32.9 Å². The van der Waals surface area contributed by atoms with E-state index in [-0.39, 0.29) is 35.4 Å². The van der Waals surface area contributed by atoms with Crippen LogP contribution in [0.15, 0.2) is 36.5 Å². The van der Waals surface area contributed by atoms with Crippen molar-refractivity contribution >= 4 is 11.7 Å². The number of amides is 1. The summed E-state index contributed by atoms with van der Waals surface area (Å²) in [7, 11) is 1.40. The van der Waals surface area contributed by atoms with Gasteiger partial charge in [0.1, 0.15) is 12.0 Å². The summed E-state index contributed by atoms with van der Waals surface area (Å²) in [6.45, 7) is 10.3. The molecule has 0 aromatic carbocycles. The molecule has 1 saturated heterocycles. The van der Waals surface area contributed by atoms with Gasteiger partial charge in [0, 0.05) is 18.4 Å². The Labute approximate surface area is 222 Å². The van der Waals surface area contributed by atoms with Crippen molar-refractivity contribution in [1.82, 2.24) is 5.32 Å². The predicted molar refractivity (Wildman–Crippen MR) is 143 cm³/mol. The molecule has 0 aromatic heterocycles. The van der Waals surface area contributed by atoms with Gasteiger partial charge in [-0.1, -0.05) is 71.1 Å². The van der Waals surface area contributed by atoms with Crippen LogP contribution >= 0.6 is 0 Å². The van der Waals surface area contributed by atoms with E-state index in [2.05, 4.69) is 31.3 Å². The van der Waals surface area contributed by atoms with Crippen LogP contribution in [0, 0.1) is 46.8 Å². The number of methoxy groups -OCH3 is 1. The molecule has 2 aliphatic carbocycles. The molecule has 0 radical (unpaired) electrons. The smallest absolute Gasteiger partial charge is 0.235 e. The van der Waals surface area contributed by atoms with Gasteiger partial charge in [-0.2, -0.15) is 0 Å². The van der Waals surface area contributed by atoms with E-state index in [1.165, 1.54) is 7.11 Å². The summed E-state index contributed by atoms with van der Waals surface area (Å²) < 4.78 is 5.20. The second-order valence-corrected chi connectivity index (χ2v) is 11.9. The molecule has 7 nitrogen and oxygen atoms in total. The number of rotatable bonds is 10. The highest BCUT2D eigenvalue weighted by molar-refractivity contribution is 6.06. The van der Waals surface area contributed by atoms with E-state index in [0.717, 1.165) is 12.8 Å². The van der Waals surface area contributed by atoms with Gasteiger partial charge in [-0.25, -0.2) is 0 Å². The quantitative estimate of drug-likeness (QED) is 0.201. The first-order chi connectivity index (χ1) is 17.4.